The number of nitriles is 2. The normalized spacial score (nSPS) is 10.1. The predicted octanol–water partition coefficient (Wildman–Crippen LogP) is 2.20. The van der Waals surface area contributed by atoms with Gasteiger partial charge in [0.1, 0.15) is 5.69 Å². The molecule has 0 fully saturated rings. The second kappa shape index (κ2) is 5.52. The van der Waals surface area contributed by atoms with E-state index in [-0.39, 0.29) is 10.8 Å². The number of benzene rings is 1. The molecule has 0 amide bonds. The molecule has 0 saturated heterocycles. The van der Waals surface area contributed by atoms with Gasteiger partial charge in [-0.2, -0.15) is 10.5 Å². The van der Waals surface area contributed by atoms with Crippen LogP contribution in [0.4, 0.5) is 0 Å². The third-order valence-electron chi connectivity index (χ3n) is 2.60. The van der Waals surface area contributed by atoms with Crippen molar-refractivity contribution < 1.29 is 9.53 Å². The molecule has 0 spiro atoms. The molecule has 0 N–H and O–H groups in total. The molecule has 0 aliphatic heterocycles. The van der Waals surface area contributed by atoms with E-state index >= 15 is 0 Å². The van der Waals surface area contributed by atoms with Gasteiger partial charge in [0.15, 0.2) is 11.1 Å². The molecule has 2 aromatic rings. The molecule has 0 bridgehead atoms. The lowest BCUT2D eigenvalue weighted by molar-refractivity contribution is 0.0601. The van der Waals surface area contributed by atoms with E-state index in [0.717, 1.165) is 0 Å². The van der Waals surface area contributed by atoms with Gasteiger partial charge in [-0.25, -0.2) is 14.8 Å². The van der Waals surface area contributed by atoms with Gasteiger partial charge in [0.25, 0.3) is 0 Å². The number of aromatic nitrogens is 2. The number of carbonyl (C=O) groups excluding carboxylic acids is 1. The molecule has 1 aromatic carbocycles. The van der Waals surface area contributed by atoms with E-state index in [9.17, 15) is 4.79 Å². The molecule has 6 nitrogen and oxygen atoms in total. The van der Waals surface area contributed by atoms with Crippen molar-refractivity contribution in [1.82, 2.24) is 9.97 Å². The number of esters is 1. The second-order valence-electron chi connectivity index (χ2n) is 3.79. The summed E-state index contributed by atoms with van der Waals surface area (Å²) in [6, 6.07) is 8.14. The molecular weight excluding hydrogens is 280 g/mol. The molecule has 0 saturated carbocycles. The van der Waals surface area contributed by atoms with Gasteiger partial charge < -0.3 is 4.74 Å². The second-order valence-corrected chi connectivity index (χ2v) is 4.14. The van der Waals surface area contributed by atoms with Crippen LogP contribution in [0.5, 0.6) is 0 Å². The number of rotatable bonds is 2. The zero-order valence-electron chi connectivity index (χ0n) is 10.3. The van der Waals surface area contributed by atoms with Gasteiger partial charge in [-0.1, -0.05) is 11.6 Å². The molecule has 7 heteroatoms. The van der Waals surface area contributed by atoms with Crippen LogP contribution in [0.1, 0.15) is 22.0 Å². The number of ether oxygens (including phenoxy) is 1. The molecule has 98 valence electrons. The summed E-state index contributed by atoms with van der Waals surface area (Å²) in [7, 11) is 1.28. The standard InChI is InChI=1S/C13H7ClN4O2/c1-20-13(19)7-2-3-9-10(4-7)18-12(14)11(17-9)8(5-15)6-16/h2-4,8H,1H3. The number of hydrogen-bond donors (Lipinski definition) is 0. The monoisotopic (exact) mass is 286 g/mol. The van der Waals surface area contributed by atoms with Crippen molar-refractivity contribution in [3.63, 3.8) is 0 Å². The first-order valence-electron chi connectivity index (χ1n) is 5.45. The van der Waals surface area contributed by atoms with Crippen LogP contribution in [0.2, 0.25) is 5.15 Å². The predicted molar refractivity (Wildman–Crippen MR) is 69.9 cm³/mol. The molecule has 1 heterocycles. The number of hydrogen-bond acceptors (Lipinski definition) is 6. The van der Waals surface area contributed by atoms with E-state index in [4.69, 9.17) is 22.1 Å². The summed E-state index contributed by atoms with van der Waals surface area (Å²) in [5, 5.41) is 17.7. The highest BCUT2D eigenvalue weighted by Gasteiger charge is 2.18. The molecule has 20 heavy (non-hydrogen) atoms. The summed E-state index contributed by atoms with van der Waals surface area (Å²) in [6.07, 6.45) is 0. The van der Waals surface area contributed by atoms with Gasteiger partial charge in [0.2, 0.25) is 0 Å². The highest BCUT2D eigenvalue weighted by molar-refractivity contribution is 6.30. The topological polar surface area (TPSA) is 99.7 Å². The van der Waals surface area contributed by atoms with Crippen LogP contribution in [-0.2, 0) is 4.74 Å². The number of methoxy groups -OCH3 is 1. The molecule has 0 unspecified atom stereocenters. The van der Waals surface area contributed by atoms with Crippen molar-refractivity contribution in [3.8, 4) is 12.1 Å². The van der Waals surface area contributed by atoms with Crippen molar-refractivity contribution in [1.29, 1.82) is 10.5 Å². The van der Waals surface area contributed by atoms with Gasteiger partial charge >= 0.3 is 5.97 Å². The summed E-state index contributed by atoms with van der Waals surface area (Å²) in [5.41, 5.74) is 1.24. The Kier molecular flexibility index (Phi) is 3.79. The quantitative estimate of drug-likeness (QED) is 0.785. The zero-order valence-corrected chi connectivity index (χ0v) is 11.0. The Morgan fingerprint density at radius 1 is 1.30 bits per heavy atom. The smallest absolute Gasteiger partial charge is 0.337 e. The fourth-order valence-electron chi connectivity index (χ4n) is 1.63. The number of nitrogens with zero attached hydrogens (tertiary/aromatic N) is 4. The van der Waals surface area contributed by atoms with E-state index in [1.54, 1.807) is 18.2 Å². The van der Waals surface area contributed by atoms with Gasteiger partial charge in [-0.05, 0) is 18.2 Å². The highest BCUT2D eigenvalue weighted by Crippen LogP contribution is 2.24. The van der Waals surface area contributed by atoms with E-state index < -0.39 is 11.9 Å². The third kappa shape index (κ3) is 2.37. The summed E-state index contributed by atoms with van der Waals surface area (Å²) < 4.78 is 4.61. The first-order chi connectivity index (χ1) is 9.60. The Bertz CT molecular complexity index is 762. The van der Waals surface area contributed by atoms with Crippen LogP contribution in [0, 0.1) is 22.7 Å². The molecular formula is C13H7ClN4O2. The van der Waals surface area contributed by atoms with Crippen LogP contribution < -0.4 is 0 Å². The fraction of sp³-hybridized carbons (Fsp3) is 0.154. The maximum absolute atomic E-state index is 11.4. The van der Waals surface area contributed by atoms with Crippen molar-refractivity contribution in [2.45, 2.75) is 5.92 Å². The maximum Gasteiger partial charge on any atom is 0.337 e. The van der Waals surface area contributed by atoms with Crippen molar-refractivity contribution in [2.75, 3.05) is 7.11 Å². The SMILES string of the molecule is COC(=O)c1ccc2nc(C(C#N)C#N)c(Cl)nc2c1. The number of halogens is 1. The molecule has 0 aliphatic rings. The van der Waals surface area contributed by atoms with E-state index in [0.29, 0.717) is 16.6 Å². The van der Waals surface area contributed by atoms with Crippen LogP contribution in [0.25, 0.3) is 11.0 Å². The maximum atomic E-state index is 11.4. The third-order valence-corrected chi connectivity index (χ3v) is 2.88. The molecule has 1 aromatic heterocycles. The van der Waals surface area contributed by atoms with Crippen LogP contribution in [0.15, 0.2) is 18.2 Å². The lowest BCUT2D eigenvalue weighted by atomic mass is 10.1. The first-order valence-corrected chi connectivity index (χ1v) is 5.83. The summed E-state index contributed by atoms with van der Waals surface area (Å²) in [6.45, 7) is 0. The van der Waals surface area contributed by atoms with Gasteiger partial charge in [-0.15, -0.1) is 0 Å². The summed E-state index contributed by atoms with van der Waals surface area (Å²) >= 11 is 5.93. The molecule has 0 radical (unpaired) electrons. The van der Waals surface area contributed by atoms with E-state index in [2.05, 4.69) is 14.7 Å². The van der Waals surface area contributed by atoms with Gasteiger partial charge in [0, 0.05) is 0 Å². The number of fused-ring (bicyclic) bond motifs is 1. The minimum atomic E-state index is -1.08. The Morgan fingerprint density at radius 2 is 2.00 bits per heavy atom. The largest absolute Gasteiger partial charge is 0.465 e. The fourth-order valence-corrected chi connectivity index (χ4v) is 1.87. The van der Waals surface area contributed by atoms with Crippen molar-refractivity contribution in [2.24, 2.45) is 0 Å². The molecule has 0 aliphatic carbocycles. The summed E-state index contributed by atoms with van der Waals surface area (Å²) in [4.78, 5) is 19.6. The first kappa shape index (κ1) is 13.7. The zero-order chi connectivity index (χ0) is 14.7. The van der Waals surface area contributed by atoms with Crippen molar-refractivity contribution >= 4 is 28.6 Å². The number of carbonyl (C=O) groups is 1. The van der Waals surface area contributed by atoms with Gasteiger partial charge in [-0.3, -0.25) is 0 Å². The molecule has 2 rings (SSSR count). The lowest BCUT2D eigenvalue weighted by Gasteiger charge is -2.06. The average Bonchev–Trinajstić information content (AvgIpc) is 2.47. The Balaban J connectivity index is 2.61. The summed E-state index contributed by atoms with van der Waals surface area (Å²) in [5.74, 6) is -1.58. The lowest BCUT2D eigenvalue weighted by Crippen LogP contribution is -2.03. The van der Waals surface area contributed by atoms with E-state index in [1.807, 2.05) is 0 Å². The Morgan fingerprint density at radius 3 is 2.60 bits per heavy atom. The Hall–Kier alpha value is -2.70. The van der Waals surface area contributed by atoms with Crippen LogP contribution >= 0.6 is 11.6 Å². The highest BCUT2D eigenvalue weighted by atomic mass is 35.5. The molecule has 0 atom stereocenters. The van der Waals surface area contributed by atoms with E-state index in [1.165, 1.54) is 19.2 Å². The van der Waals surface area contributed by atoms with Crippen LogP contribution in [-0.4, -0.2) is 23.0 Å². The average molecular weight is 287 g/mol. The van der Waals surface area contributed by atoms with Crippen molar-refractivity contribution in [3.05, 3.63) is 34.6 Å². The Labute approximate surface area is 119 Å². The van der Waals surface area contributed by atoms with Crippen LogP contribution in [0.3, 0.4) is 0 Å². The minimum Gasteiger partial charge on any atom is -0.465 e. The minimum absolute atomic E-state index is 0.0346. The van der Waals surface area contributed by atoms with Gasteiger partial charge in [0.05, 0.1) is 35.8 Å².